The average Bonchev–Trinajstić information content (AvgIpc) is 2.87. The topological polar surface area (TPSA) is 64.2 Å². The van der Waals surface area contributed by atoms with E-state index in [1.54, 1.807) is 11.1 Å². The summed E-state index contributed by atoms with van der Waals surface area (Å²) < 4.78 is 14.0. The molecular weight excluding hydrogens is 223 g/mol. The fourth-order valence-electron chi connectivity index (χ4n) is 1.93. The first-order valence-electron chi connectivity index (χ1n) is 5.53. The average molecular weight is 238 g/mol. The summed E-state index contributed by atoms with van der Waals surface area (Å²) in [6.45, 7) is 3.52. The van der Waals surface area contributed by atoms with E-state index >= 15 is 0 Å². The lowest BCUT2D eigenvalue weighted by Crippen LogP contribution is -2.26. The van der Waals surface area contributed by atoms with Crippen LogP contribution in [-0.4, -0.2) is 33.7 Å². The molecular formula is C11H15FN4O. The fourth-order valence-corrected chi connectivity index (χ4v) is 1.93. The van der Waals surface area contributed by atoms with E-state index in [9.17, 15) is 9.18 Å². The number of fused-ring (bicyclic) bond motifs is 1. The summed E-state index contributed by atoms with van der Waals surface area (Å²) in [6, 6.07) is 0. The number of nitrogens with two attached hydrogens (primary N) is 1. The van der Waals surface area contributed by atoms with Gasteiger partial charge in [0.05, 0.1) is 19.1 Å². The van der Waals surface area contributed by atoms with Crippen LogP contribution in [0.25, 0.3) is 0 Å². The molecule has 17 heavy (non-hydrogen) atoms. The van der Waals surface area contributed by atoms with Gasteiger partial charge in [0.1, 0.15) is 5.69 Å². The van der Waals surface area contributed by atoms with Crippen molar-refractivity contribution in [3.05, 3.63) is 29.4 Å². The molecule has 0 bridgehead atoms. The second-order valence-electron chi connectivity index (χ2n) is 3.97. The van der Waals surface area contributed by atoms with Crippen LogP contribution in [-0.2, 0) is 13.1 Å². The molecule has 1 aromatic heterocycles. The molecule has 0 saturated heterocycles. The number of hydrogen-bond acceptors (Lipinski definition) is 3. The molecule has 0 saturated carbocycles. The third-order valence-electron chi connectivity index (χ3n) is 2.92. The van der Waals surface area contributed by atoms with E-state index in [-0.39, 0.29) is 19.0 Å². The minimum atomic E-state index is -0.0461. The maximum Gasteiger partial charge on any atom is 0.272 e. The first-order valence-corrected chi connectivity index (χ1v) is 5.53. The summed E-state index contributed by atoms with van der Waals surface area (Å²) in [7, 11) is 0. The van der Waals surface area contributed by atoms with Gasteiger partial charge < -0.3 is 10.6 Å². The molecule has 0 aliphatic carbocycles. The minimum Gasteiger partial charge on any atom is -0.333 e. The van der Waals surface area contributed by atoms with E-state index in [0.717, 1.165) is 5.56 Å². The maximum absolute atomic E-state index is 12.5. The third-order valence-corrected chi connectivity index (χ3v) is 2.92. The van der Waals surface area contributed by atoms with Gasteiger partial charge >= 0.3 is 0 Å². The molecule has 1 aliphatic heterocycles. The molecule has 5 nitrogen and oxygen atoms in total. The molecule has 2 N–H and O–H groups in total. The summed E-state index contributed by atoms with van der Waals surface area (Å²) in [5, 5.41) is 4.10. The highest BCUT2D eigenvalue weighted by Crippen LogP contribution is 2.22. The molecule has 0 fully saturated rings. The molecule has 92 valence electrons. The number of nitrogens with zero attached hydrogens (tertiary/aromatic N) is 3. The highest BCUT2D eigenvalue weighted by atomic mass is 19.1. The van der Waals surface area contributed by atoms with Crippen molar-refractivity contribution in [3.8, 4) is 0 Å². The van der Waals surface area contributed by atoms with Gasteiger partial charge in [0.2, 0.25) is 0 Å². The summed E-state index contributed by atoms with van der Waals surface area (Å²) in [6.07, 6.45) is 2.14. The largest absolute Gasteiger partial charge is 0.333 e. The van der Waals surface area contributed by atoms with Gasteiger partial charge in [0.15, 0.2) is 0 Å². The van der Waals surface area contributed by atoms with Crippen LogP contribution in [0, 0.1) is 0 Å². The molecule has 0 radical (unpaired) electrons. The van der Waals surface area contributed by atoms with Crippen molar-refractivity contribution in [1.82, 2.24) is 14.7 Å². The van der Waals surface area contributed by atoms with Crippen LogP contribution in [0.5, 0.6) is 0 Å². The molecule has 0 atom stereocenters. The third kappa shape index (κ3) is 1.95. The first kappa shape index (κ1) is 11.8. The molecule has 6 heteroatoms. The Morgan fingerprint density at radius 3 is 3.06 bits per heavy atom. The number of aromatic nitrogens is 2. The van der Waals surface area contributed by atoms with E-state index < -0.39 is 0 Å². The minimum absolute atomic E-state index is 0.0461. The van der Waals surface area contributed by atoms with E-state index in [0.29, 0.717) is 30.7 Å². The SMILES string of the molecule is CCN1Cc2cnn(CC(=CF)CN)c2C1=O. The lowest BCUT2D eigenvalue weighted by Gasteiger charge is -2.13. The lowest BCUT2D eigenvalue weighted by atomic mass is 10.2. The second kappa shape index (κ2) is 4.67. The Morgan fingerprint density at radius 1 is 1.71 bits per heavy atom. The van der Waals surface area contributed by atoms with Crippen LogP contribution >= 0.6 is 0 Å². The van der Waals surface area contributed by atoms with E-state index in [4.69, 9.17) is 5.73 Å². The first-order chi connectivity index (χ1) is 8.21. The lowest BCUT2D eigenvalue weighted by molar-refractivity contribution is 0.0776. The van der Waals surface area contributed by atoms with Crippen molar-refractivity contribution >= 4 is 5.91 Å². The van der Waals surface area contributed by atoms with E-state index in [1.165, 1.54) is 4.68 Å². The molecule has 0 spiro atoms. The van der Waals surface area contributed by atoms with Gasteiger partial charge in [-0.1, -0.05) is 0 Å². The van der Waals surface area contributed by atoms with Crippen molar-refractivity contribution in [2.45, 2.75) is 20.0 Å². The van der Waals surface area contributed by atoms with Crippen LogP contribution in [0.1, 0.15) is 23.0 Å². The quantitative estimate of drug-likeness (QED) is 0.838. The Kier molecular flexibility index (Phi) is 3.23. The predicted octanol–water partition coefficient (Wildman–Crippen LogP) is 0.671. The Bertz CT molecular complexity index is 466. The summed E-state index contributed by atoms with van der Waals surface area (Å²) in [5.41, 5.74) is 7.25. The van der Waals surface area contributed by atoms with Gasteiger partial charge in [-0.15, -0.1) is 0 Å². The van der Waals surface area contributed by atoms with Gasteiger partial charge in [-0.3, -0.25) is 9.48 Å². The Balaban J connectivity index is 2.26. The maximum atomic E-state index is 12.5. The van der Waals surface area contributed by atoms with E-state index in [2.05, 4.69) is 5.10 Å². The zero-order valence-electron chi connectivity index (χ0n) is 9.69. The second-order valence-corrected chi connectivity index (χ2v) is 3.97. The van der Waals surface area contributed by atoms with Gasteiger partial charge in [-0.25, -0.2) is 4.39 Å². The Morgan fingerprint density at radius 2 is 2.47 bits per heavy atom. The van der Waals surface area contributed by atoms with Crippen LogP contribution in [0.3, 0.4) is 0 Å². The van der Waals surface area contributed by atoms with Crippen LogP contribution in [0.15, 0.2) is 18.1 Å². The summed E-state index contributed by atoms with van der Waals surface area (Å²) >= 11 is 0. The fraction of sp³-hybridized carbons (Fsp3) is 0.455. The van der Waals surface area contributed by atoms with Crippen LogP contribution in [0.4, 0.5) is 4.39 Å². The highest BCUT2D eigenvalue weighted by Gasteiger charge is 2.30. The molecule has 2 rings (SSSR count). The van der Waals surface area contributed by atoms with Gasteiger partial charge in [0, 0.05) is 25.2 Å². The number of halogens is 1. The number of carbonyl (C=O) groups is 1. The molecule has 2 heterocycles. The zero-order valence-corrected chi connectivity index (χ0v) is 9.69. The standard InChI is InChI=1S/C11H15FN4O/c1-2-15-7-9-5-14-16(10(9)11(15)17)6-8(3-12)4-13/h3,5H,2,4,6-7,13H2,1H3. The van der Waals surface area contributed by atoms with Crippen LogP contribution < -0.4 is 5.73 Å². The smallest absolute Gasteiger partial charge is 0.272 e. The van der Waals surface area contributed by atoms with Crippen LogP contribution in [0.2, 0.25) is 0 Å². The molecule has 1 aromatic rings. The van der Waals surface area contributed by atoms with Crippen molar-refractivity contribution in [1.29, 1.82) is 0 Å². The number of hydrogen-bond donors (Lipinski definition) is 1. The molecule has 1 amide bonds. The normalized spacial score (nSPS) is 15.6. The molecule has 0 unspecified atom stereocenters. The summed E-state index contributed by atoms with van der Waals surface area (Å²) in [4.78, 5) is 13.7. The number of carbonyl (C=O) groups excluding carboxylic acids is 1. The van der Waals surface area contributed by atoms with Crippen molar-refractivity contribution in [3.63, 3.8) is 0 Å². The van der Waals surface area contributed by atoms with Crippen molar-refractivity contribution in [2.75, 3.05) is 13.1 Å². The number of rotatable bonds is 4. The van der Waals surface area contributed by atoms with E-state index in [1.807, 2.05) is 6.92 Å². The summed E-state index contributed by atoms with van der Waals surface area (Å²) in [5.74, 6) is -0.0461. The number of amides is 1. The Labute approximate surface area is 98.7 Å². The van der Waals surface area contributed by atoms with Gasteiger partial charge in [-0.2, -0.15) is 5.10 Å². The van der Waals surface area contributed by atoms with Gasteiger partial charge in [0.25, 0.3) is 5.91 Å². The zero-order chi connectivity index (χ0) is 12.4. The monoisotopic (exact) mass is 238 g/mol. The highest BCUT2D eigenvalue weighted by molar-refractivity contribution is 5.96. The Hall–Kier alpha value is -1.69. The van der Waals surface area contributed by atoms with Crippen molar-refractivity contribution in [2.24, 2.45) is 5.73 Å². The van der Waals surface area contributed by atoms with Crippen molar-refractivity contribution < 1.29 is 9.18 Å². The predicted molar refractivity (Wildman–Crippen MR) is 60.9 cm³/mol. The molecule has 0 aromatic carbocycles. The molecule has 1 aliphatic rings. The van der Waals surface area contributed by atoms with Gasteiger partial charge in [-0.05, 0) is 12.5 Å².